The maximum absolute atomic E-state index is 11.8. The van der Waals surface area contributed by atoms with Gasteiger partial charge in [-0.05, 0) is 35.7 Å². The number of hydrogen-bond donors (Lipinski definition) is 0. The van der Waals surface area contributed by atoms with Gasteiger partial charge in [0.1, 0.15) is 6.54 Å². The van der Waals surface area contributed by atoms with Crippen molar-refractivity contribution < 1.29 is 4.79 Å². The summed E-state index contributed by atoms with van der Waals surface area (Å²) in [6, 6.07) is 0. The van der Waals surface area contributed by atoms with Gasteiger partial charge in [-0.1, -0.05) is 0 Å². The number of hydrogen-bond acceptors (Lipinski definition) is 2. The standard InChI is InChI=1S/C10H14BrN3O/c1-8-9(11)6-14(12-8)7-10(15)13-4-2-3-5-13/h6H,2-5,7H2,1H3. The normalized spacial score (nSPS) is 16.0. The van der Waals surface area contributed by atoms with Crippen molar-refractivity contribution in [1.29, 1.82) is 0 Å². The lowest BCUT2D eigenvalue weighted by molar-refractivity contribution is -0.130. The molecule has 1 saturated heterocycles. The molecule has 15 heavy (non-hydrogen) atoms. The zero-order chi connectivity index (χ0) is 10.8. The average Bonchev–Trinajstić information content (AvgIpc) is 2.77. The first-order chi connectivity index (χ1) is 7.16. The van der Waals surface area contributed by atoms with E-state index in [0.717, 1.165) is 36.1 Å². The van der Waals surface area contributed by atoms with Crippen LogP contribution in [0.2, 0.25) is 0 Å². The molecular formula is C10H14BrN3O. The van der Waals surface area contributed by atoms with E-state index in [0.29, 0.717) is 6.54 Å². The highest BCUT2D eigenvalue weighted by Gasteiger charge is 2.18. The molecule has 0 saturated carbocycles. The number of amides is 1. The number of aromatic nitrogens is 2. The van der Waals surface area contributed by atoms with Crippen LogP contribution in [-0.4, -0.2) is 33.7 Å². The average molecular weight is 272 g/mol. The molecule has 0 unspecified atom stereocenters. The molecule has 1 aliphatic heterocycles. The lowest BCUT2D eigenvalue weighted by Gasteiger charge is -2.14. The van der Waals surface area contributed by atoms with Crippen LogP contribution >= 0.6 is 15.9 Å². The van der Waals surface area contributed by atoms with E-state index in [1.54, 1.807) is 4.68 Å². The number of rotatable bonds is 2. The van der Waals surface area contributed by atoms with Crippen molar-refractivity contribution in [3.63, 3.8) is 0 Å². The zero-order valence-corrected chi connectivity index (χ0v) is 10.3. The summed E-state index contributed by atoms with van der Waals surface area (Å²) in [4.78, 5) is 13.7. The molecule has 4 nitrogen and oxygen atoms in total. The van der Waals surface area contributed by atoms with Crippen molar-refractivity contribution in [3.05, 3.63) is 16.4 Å². The number of carbonyl (C=O) groups excluding carboxylic acids is 1. The fourth-order valence-electron chi connectivity index (χ4n) is 1.78. The highest BCUT2D eigenvalue weighted by Crippen LogP contribution is 2.14. The van der Waals surface area contributed by atoms with Crippen LogP contribution in [0.5, 0.6) is 0 Å². The van der Waals surface area contributed by atoms with E-state index in [2.05, 4.69) is 21.0 Å². The van der Waals surface area contributed by atoms with Gasteiger partial charge in [-0.3, -0.25) is 9.48 Å². The molecule has 0 aromatic carbocycles. The molecule has 0 atom stereocenters. The minimum absolute atomic E-state index is 0.169. The summed E-state index contributed by atoms with van der Waals surface area (Å²) in [5, 5.41) is 4.24. The van der Waals surface area contributed by atoms with Crippen LogP contribution in [0.4, 0.5) is 0 Å². The van der Waals surface area contributed by atoms with Crippen molar-refractivity contribution >= 4 is 21.8 Å². The van der Waals surface area contributed by atoms with Crippen molar-refractivity contribution in [2.45, 2.75) is 26.3 Å². The molecule has 0 aliphatic carbocycles. The number of aryl methyl sites for hydroxylation is 1. The third kappa shape index (κ3) is 2.40. The van der Waals surface area contributed by atoms with Crippen LogP contribution in [0.25, 0.3) is 0 Å². The predicted molar refractivity (Wildman–Crippen MR) is 60.5 cm³/mol. The molecule has 0 N–H and O–H groups in total. The number of carbonyl (C=O) groups is 1. The van der Waals surface area contributed by atoms with Crippen LogP contribution in [0, 0.1) is 6.92 Å². The largest absolute Gasteiger partial charge is 0.341 e. The van der Waals surface area contributed by atoms with Crippen molar-refractivity contribution in [2.75, 3.05) is 13.1 Å². The summed E-state index contributed by atoms with van der Waals surface area (Å²) < 4.78 is 2.65. The van der Waals surface area contributed by atoms with Crippen molar-refractivity contribution in [1.82, 2.24) is 14.7 Å². The van der Waals surface area contributed by atoms with E-state index in [4.69, 9.17) is 0 Å². The minimum Gasteiger partial charge on any atom is -0.341 e. The molecule has 1 aromatic rings. The molecule has 2 heterocycles. The van der Waals surface area contributed by atoms with E-state index in [1.807, 2.05) is 18.0 Å². The Hall–Kier alpha value is -0.840. The van der Waals surface area contributed by atoms with Gasteiger partial charge in [-0.2, -0.15) is 5.10 Å². The molecule has 1 aromatic heterocycles. The topological polar surface area (TPSA) is 38.1 Å². The van der Waals surface area contributed by atoms with Gasteiger partial charge in [0.25, 0.3) is 0 Å². The monoisotopic (exact) mass is 271 g/mol. The van der Waals surface area contributed by atoms with Gasteiger partial charge in [0.15, 0.2) is 0 Å². The quantitative estimate of drug-likeness (QED) is 0.819. The Morgan fingerprint density at radius 3 is 2.73 bits per heavy atom. The summed E-state index contributed by atoms with van der Waals surface area (Å²) in [5.74, 6) is 0.169. The molecule has 5 heteroatoms. The van der Waals surface area contributed by atoms with Crippen LogP contribution in [0.1, 0.15) is 18.5 Å². The van der Waals surface area contributed by atoms with Crippen LogP contribution in [-0.2, 0) is 11.3 Å². The maximum atomic E-state index is 11.8. The van der Waals surface area contributed by atoms with Crippen LogP contribution in [0.15, 0.2) is 10.7 Å². The molecule has 0 radical (unpaired) electrons. The van der Waals surface area contributed by atoms with Crippen LogP contribution in [0.3, 0.4) is 0 Å². The summed E-state index contributed by atoms with van der Waals surface area (Å²) in [5.41, 5.74) is 0.921. The Balaban J connectivity index is 1.99. The van der Waals surface area contributed by atoms with Gasteiger partial charge in [-0.15, -0.1) is 0 Å². The van der Waals surface area contributed by atoms with Crippen molar-refractivity contribution in [3.8, 4) is 0 Å². The maximum Gasteiger partial charge on any atom is 0.244 e. The van der Waals surface area contributed by atoms with Gasteiger partial charge in [0.2, 0.25) is 5.91 Å². The molecule has 0 spiro atoms. The van der Waals surface area contributed by atoms with E-state index in [-0.39, 0.29) is 5.91 Å². The first-order valence-electron chi connectivity index (χ1n) is 5.14. The summed E-state index contributed by atoms with van der Waals surface area (Å²) >= 11 is 3.38. The second-order valence-corrected chi connectivity index (χ2v) is 4.70. The molecule has 1 aliphatic rings. The molecule has 0 bridgehead atoms. The molecule has 1 amide bonds. The first-order valence-corrected chi connectivity index (χ1v) is 5.93. The summed E-state index contributed by atoms with van der Waals surface area (Å²) in [6.45, 7) is 4.08. The number of likely N-dealkylation sites (tertiary alicyclic amines) is 1. The lowest BCUT2D eigenvalue weighted by atomic mass is 10.4. The fraction of sp³-hybridized carbons (Fsp3) is 0.600. The smallest absolute Gasteiger partial charge is 0.244 e. The molecule has 82 valence electrons. The van der Waals surface area contributed by atoms with Gasteiger partial charge in [0, 0.05) is 19.3 Å². The van der Waals surface area contributed by atoms with Gasteiger partial charge >= 0.3 is 0 Å². The highest BCUT2D eigenvalue weighted by molar-refractivity contribution is 9.10. The highest BCUT2D eigenvalue weighted by atomic mass is 79.9. The van der Waals surface area contributed by atoms with E-state index in [9.17, 15) is 4.79 Å². The number of halogens is 1. The third-order valence-corrected chi connectivity index (χ3v) is 3.42. The van der Waals surface area contributed by atoms with E-state index in [1.165, 1.54) is 0 Å². The van der Waals surface area contributed by atoms with Gasteiger partial charge in [0.05, 0.1) is 10.2 Å². The molecular weight excluding hydrogens is 258 g/mol. The Morgan fingerprint density at radius 1 is 1.53 bits per heavy atom. The minimum atomic E-state index is 0.169. The second kappa shape index (κ2) is 4.35. The van der Waals surface area contributed by atoms with Gasteiger partial charge in [-0.25, -0.2) is 0 Å². The Labute approximate surface area is 97.4 Å². The lowest BCUT2D eigenvalue weighted by Crippen LogP contribution is -2.31. The Kier molecular flexibility index (Phi) is 3.09. The summed E-state index contributed by atoms with van der Waals surface area (Å²) in [7, 11) is 0. The van der Waals surface area contributed by atoms with Gasteiger partial charge < -0.3 is 4.90 Å². The van der Waals surface area contributed by atoms with Crippen molar-refractivity contribution in [2.24, 2.45) is 0 Å². The Bertz CT molecular complexity index is 349. The third-order valence-electron chi connectivity index (χ3n) is 2.64. The second-order valence-electron chi connectivity index (χ2n) is 3.85. The fourth-order valence-corrected chi connectivity index (χ4v) is 2.10. The Morgan fingerprint density at radius 2 is 2.20 bits per heavy atom. The van der Waals surface area contributed by atoms with E-state index >= 15 is 0 Å². The first kappa shape index (κ1) is 10.7. The van der Waals surface area contributed by atoms with Crippen LogP contribution < -0.4 is 0 Å². The molecule has 1 fully saturated rings. The zero-order valence-electron chi connectivity index (χ0n) is 8.74. The summed E-state index contributed by atoms with van der Waals surface area (Å²) in [6.07, 6.45) is 4.12. The van der Waals surface area contributed by atoms with E-state index < -0.39 is 0 Å². The number of nitrogens with zero attached hydrogens (tertiary/aromatic N) is 3. The predicted octanol–water partition coefficient (Wildman–Crippen LogP) is 1.58. The molecule has 2 rings (SSSR count). The SMILES string of the molecule is Cc1nn(CC(=O)N2CCCC2)cc1Br.